The molecule has 0 atom stereocenters. The first-order valence-electron chi connectivity index (χ1n) is 5.92. The third-order valence-corrected chi connectivity index (χ3v) is 3.17. The van der Waals surface area contributed by atoms with Crippen molar-refractivity contribution in [3.8, 4) is 0 Å². The molecule has 0 fully saturated rings. The molecule has 0 aliphatic carbocycles. The van der Waals surface area contributed by atoms with Gasteiger partial charge in [0.2, 0.25) is 0 Å². The molecule has 3 aromatic rings. The van der Waals surface area contributed by atoms with Crippen molar-refractivity contribution in [3.63, 3.8) is 0 Å². The lowest BCUT2D eigenvalue weighted by atomic mass is 9.98. The summed E-state index contributed by atoms with van der Waals surface area (Å²) in [5, 5.41) is 4.88. The zero-order valence-electron chi connectivity index (χ0n) is 9.84. The second kappa shape index (κ2) is 4.46. The summed E-state index contributed by atoms with van der Waals surface area (Å²) >= 11 is 0. The molecule has 18 heavy (non-hydrogen) atoms. The minimum Gasteiger partial charge on any atom is -0.299 e. The molecule has 0 amide bonds. The van der Waals surface area contributed by atoms with Crippen LogP contribution in [0.2, 0.25) is 0 Å². The van der Waals surface area contributed by atoms with Crippen LogP contribution in [0.4, 0.5) is 0 Å². The highest BCUT2D eigenvalue weighted by atomic mass is 16.1. The van der Waals surface area contributed by atoms with Gasteiger partial charge in [0, 0.05) is 0 Å². The Balaban J connectivity index is 2.39. The average molecular weight is 232 g/mol. The third kappa shape index (κ3) is 1.70. The fourth-order valence-corrected chi connectivity index (χ4v) is 2.35. The first kappa shape index (κ1) is 10.7. The summed E-state index contributed by atoms with van der Waals surface area (Å²) in [6, 6.07) is 18.7. The van der Waals surface area contributed by atoms with E-state index in [1.165, 1.54) is 27.6 Å². The summed E-state index contributed by atoms with van der Waals surface area (Å²) in [5.41, 5.74) is 1.07. The molecule has 1 heteroatoms. The van der Waals surface area contributed by atoms with E-state index < -0.39 is 0 Å². The number of hydrogen-bond donors (Lipinski definition) is 0. The lowest BCUT2D eigenvalue weighted by Crippen LogP contribution is -1.81. The van der Waals surface area contributed by atoms with Crippen molar-refractivity contribution in [1.82, 2.24) is 0 Å². The third-order valence-electron chi connectivity index (χ3n) is 3.17. The van der Waals surface area contributed by atoms with Gasteiger partial charge in [-0.15, -0.1) is 0 Å². The van der Waals surface area contributed by atoms with Gasteiger partial charge in [0.15, 0.2) is 0 Å². The van der Waals surface area contributed by atoms with E-state index in [2.05, 4.69) is 36.4 Å². The van der Waals surface area contributed by atoms with Crippen LogP contribution >= 0.6 is 0 Å². The van der Waals surface area contributed by atoms with Crippen molar-refractivity contribution in [2.45, 2.75) is 0 Å². The zero-order valence-corrected chi connectivity index (χ0v) is 9.84. The number of rotatable bonds is 2. The van der Waals surface area contributed by atoms with Crippen LogP contribution in [0.15, 0.2) is 60.7 Å². The van der Waals surface area contributed by atoms with Crippen molar-refractivity contribution in [2.75, 3.05) is 0 Å². The fraction of sp³-hybridized carbons (Fsp3) is 0. The van der Waals surface area contributed by atoms with Crippen molar-refractivity contribution in [1.29, 1.82) is 0 Å². The maximum absolute atomic E-state index is 10.4. The van der Waals surface area contributed by atoms with E-state index in [-0.39, 0.29) is 0 Å². The molecule has 0 spiro atoms. The van der Waals surface area contributed by atoms with Gasteiger partial charge in [0.05, 0.1) is 0 Å². The Hall–Kier alpha value is -2.41. The maximum atomic E-state index is 10.4. The Morgan fingerprint density at radius 3 is 2.44 bits per heavy atom. The SMILES string of the molecule is O=C/C=C/c1cccc2c1ccc1ccccc12. The number of benzene rings is 3. The van der Waals surface area contributed by atoms with Crippen LogP contribution in [-0.2, 0) is 4.79 Å². The Morgan fingerprint density at radius 1 is 0.722 bits per heavy atom. The minimum atomic E-state index is 0.805. The highest BCUT2D eigenvalue weighted by Gasteiger charge is 2.01. The van der Waals surface area contributed by atoms with E-state index in [1.807, 2.05) is 24.3 Å². The molecule has 0 saturated heterocycles. The van der Waals surface area contributed by atoms with E-state index >= 15 is 0 Å². The predicted octanol–water partition coefficient (Wildman–Crippen LogP) is 4.21. The van der Waals surface area contributed by atoms with Gasteiger partial charge in [0.25, 0.3) is 0 Å². The molecule has 3 rings (SSSR count). The first-order chi connectivity index (χ1) is 8.90. The van der Waals surface area contributed by atoms with Crippen LogP contribution < -0.4 is 0 Å². The van der Waals surface area contributed by atoms with Gasteiger partial charge in [-0.1, -0.05) is 60.7 Å². The average Bonchev–Trinajstić information content (AvgIpc) is 2.44. The highest BCUT2D eigenvalue weighted by molar-refractivity contribution is 6.09. The molecular weight excluding hydrogens is 220 g/mol. The van der Waals surface area contributed by atoms with Crippen LogP contribution in [0.1, 0.15) is 5.56 Å². The molecular formula is C17H12O. The summed E-state index contributed by atoms with van der Waals surface area (Å²) in [4.78, 5) is 10.4. The van der Waals surface area contributed by atoms with Gasteiger partial charge in [-0.2, -0.15) is 0 Å². The molecule has 0 heterocycles. The number of hydrogen-bond acceptors (Lipinski definition) is 1. The number of fused-ring (bicyclic) bond motifs is 3. The molecule has 0 unspecified atom stereocenters. The van der Waals surface area contributed by atoms with E-state index in [1.54, 1.807) is 0 Å². The number of carbonyl (C=O) groups is 1. The lowest BCUT2D eigenvalue weighted by molar-refractivity contribution is -0.104. The molecule has 86 valence electrons. The molecule has 0 radical (unpaired) electrons. The molecule has 0 aliphatic rings. The summed E-state index contributed by atoms with van der Waals surface area (Å²) in [5.74, 6) is 0. The van der Waals surface area contributed by atoms with Crippen molar-refractivity contribution in [3.05, 3.63) is 66.2 Å². The van der Waals surface area contributed by atoms with Crippen molar-refractivity contribution >= 4 is 33.9 Å². The quantitative estimate of drug-likeness (QED) is 0.367. The predicted molar refractivity (Wildman–Crippen MR) is 76.6 cm³/mol. The summed E-state index contributed by atoms with van der Waals surface area (Å²) in [6.45, 7) is 0. The summed E-state index contributed by atoms with van der Waals surface area (Å²) in [6.07, 6.45) is 4.19. The van der Waals surface area contributed by atoms with Gasteiger partial charge in [-0.05, 0) is 33.2 Å². The summed E-state index contributed by atoms with van der Waals surface area (Å²) < 4.78 is 0. The monoisotopic (exact) mass is 232 g/mol. The molecule has 0 aliphatic heterocycles. The fourth-order valence-electron chi connectivity index (χ4n) is 2.35. The highest BCUT2D eigenvalue weighted by Crippen LogP contribution is 2.27. The van der Waals surface area contributed by atoms with Gasteiger partial charge in [-0.3, -0.25) is 4.79 Å². The largest absolute Gasteiger partial charge is 0.299 e. The van der Waals surface area contributed by atoms with E-state index in [4.69, 9.17) is 0 Å². The minimum absolute atomic E-state index is 0.805. The smallest absolute Gasteiger partial charge is 0.142 e. The molecule has 0 N–H and O–H groups in total. The van der Waals surface area contributed by atoms with Gasteiger partial charge < -0.3 is 0 Å². The normalized spacial score (nSPS) is 11.3. The Bertz CT molecular complexity index is 754. The number of aldehydes is 1. The van der Waals surface area contributed by atoms with Crippen molar-refractivity contribution in [2.24, 2.45) is 0 Å². The number of carbonyl (C=O) groups excluding carboxylic acids is 1. The van der Waals surface area contributed by atoms with E-state index in [0.29, 0.717) is 0 Å². The molecule has 3 aromatic carbocycles. The van der Waals surface area contributed by atoms with E-state index in [0.717, 1.165) is 11.8 Å². The van der Waals surface area contributed by atoms with Crippen LogP contribution in [0.5, 0.6) is 0 Å². The number of allylic oxidation sites excluding steroid dienone is 1. The molecule has 0 saturated carbocycles. The lowest BCUT2D eigenvalue weighted by Gasteiger charge is -2.06. The van der Waals surface area contributed by atoms with Crippen LogP contribution in [0, 0.1) is 0 Å². The van der Waals surface area contributed by atoms with E-state index in [9.17, 15) is 4.79 Å². The maximum Gasteiger partial charge on any atom is 0.142 e. The Morgan fingerprint density at radius 2 is 1.56 bits per heavy atom. The first-order valence-corrected chi connectivity index (χ1v) is 5.92. The molecule has 0 aromatic heterocycles. The Kier molecular flexibility index (Phi) is 2.66. The van der Waals surface area contributed by atoms with Crippen LogP contribution in [0.25, 0.3) is 27.6 Å². The van der Waals surface area contributed by atoms with Crippen molar-refractivity contribution < 1.29 is 4.79 Å². The van der Waals surface area contributed by atoms with Crippen LogP contribution in [-0.4, -0.2) is 6.29 Å². The standard InChI is InChI=1S/C17H12O/c18-12-4-7-13-6-3-9-17-15-8-2-1-5-14(15)10-11-16(13)17/h1-12H/b7-4+. The van der Waals surface area contributed by atoms with Gasteiger partial charge >= 0.3 is 0 Å². The topological polar surface area (TPSA) is 17.1 Å². The summed E-state index contributed by atoms with van der Waals surface area (Å²) in [7, 11) is 0. The Labute approximate surface area is 105 Å². The molecule has 0 bridgehead atoms. The second-order valence-corrected chi connectivity index (χ2v) is 4.22. The molecule has 1 nitrogen and oxygen atoms in total. The van der Waals surface area contributed by atoms with Crippen LogP contribution in [0.3, 0.4) is 0 Å². The second-order valence-electron chi connectivity index (χ2n) is 4.22. The van der Waals surface area contributed by atoms with Gasteiger partial charge in [0.1, 0.15) is 6.29 Å². The zero-order chi connectivity index (χ0) is 12.4. The van der Waals surface area contributed by atoms with Gasteiger partial charge in [-0.25, -0.2) is 0 Å².